The normalized spacial score (nSPS) is 16.7. The molecule has 4 heteroatoms. The number of nitrogens with two attached hydrogens (primary N) is 1. The van der Waals surface area contributed by atoms with Crippen LogP contribution < -0.4 is 5.73 Å². The van der Waals surface area contributed by atoms with E-state index >= 15 is 0 Å². The van der Waals surface area contributed by atoms with E-state index < -0.39 is 0 Å². The van der Waals surface area contributed by atoms with Gasteiger partial charge in [0.15, 0.2) is 0 Å². The third-order valence-corrected chi connectivity index (χ3v) is 4.64. The molecule has 0 aliphatic carbocycles. The molecule has 1 aromatic rings. The average Bonchev–Trinajstić information content (AvgIpc) is 2.47. The predicted molar refractivity (Wildman–Crippen MR) is 80.6 cm³/mol. The lowest BCUT2D eigenvalue weighted by Gasteiger charge is -2.31. The molecule has 3 nitrogen and oxygen atoms in total. The predicted octanol–water partition coefficient (Wildman–Crippen LogP) is 2.53. The molecule has 0 spiro atoms. The van der Waals surface area contributed by atoms with Crippen LogP contribution in [0.3, 0.4) is 0 Å². The van der Waals surface area contributed by atoms with Gasteiger partial charge in [-0.1, -0.05) is 6.07 Å². The van der Waals surface area contributed by atoms with Crippen LogP contribution in [0.25, 0.3) is 0 Å². The zero-order valence-electron chi connectivity index (χ0n) is 11.7. The molecule has 0 bridgehead atoms. The van der Waals surface area contributed by atoms with Crippen molar-refractivity contribution in [3.8, 4) is 0 Å². The molecule has 1 heterocycles. The minimum Gasteiger partial charge on any atom is -0.339 e. The van der Waals surface area contributed by atoms with Gasteiger partial charge >= 0.3 is 0 Å². The Hall–Kier alpha value is -1.00. The number of thioether (sulfide) groups is 1. The number of carbonyl (C=O) groups is 1. The first-order valence-electron chi connectivity index (χ1n) is 6.79. The van der Waals surface area contributed by atoms with Crippen molar-refractivity contribution in [1.29, 1.82) is 0 Å². The monoisotopic (exact) mass is 278 g/mol. The van der Waals surface area contributed by atoms with Gasteiger partial charge in [-0.15, -0.1) is 11.8 Å². The van der Waals surface area contributed by atoms with Crippen molar-refractivity contribution in [2.75, 3.05) is 25.9 Å². The average molecular weight is 278 g/mol. The molecule has 2 rings (SSSR count). The van der Waals surface area contributed by atoms with Gasteiger partial charge in [0.05, 0.1) is 0 Å². The van der Waals surface area contributed by atoms with Crippen LogP contribution >= 0.6 is 11.8 Å². The number of amides is 1. The Morgan fingerprint density at radius 3 is 2.68 bits per heavy atom. The van der Waals surface area contributed by atoms with Gasteiger partial charge < -0.3 is 10.6 Å². The van der Waals surface area contributed by atoms with Crippen molar-refractivity contribution in [2.45, 2.75) is 24.7 Å². The first kappa shape index (κ1) is 14.4. The first-order valence-corrected chi connectivity index (χ1v) is 8.02. The van der Waals surface area contributed by atoms with Gasteiger partial charge in [-0.3, -0.25) is 4.79 Å². The maximum atomic E-state index is 12.6. The molecule has 1 amide bonds. The molecule has 2 N–H and O–H groups in total. The summed E-state index contributed by atoms with van der Waals surface area (Å²) < 4.78 is 0. The van der Waals surface area contributed by atoms with Gasteiger partial charge in [-0.25, -0.2) is 0 Å². The molecule has 1 fully saturated rings. The number of hydrogen-bond donors (Lipinski definition) is 1. The van der Waals surface area contributed by atoms with E-state index in [0.29, 0.717) is 5.92 Å². The quantitative estimate of drug-likeness (QED) is 0.864. The molecule has 1 aliphatic heterocycles. The molecule has 0 aromatic heterocycles. The smallest absolute Gasteiger partial charge is 0.254 e. The topological polar surface area (TPSA) is 46.3 Å². The summed E-state index contributed by atoms with van der Waals surface area (Å²) in [5.41, 5.74) is 7.60. The van der Waals surface area contributed by atoms with Gasteiger partial charge in [0.2, 0.25) is 0 Å². The van der Waals surface area contributed by atoms with Gasteiger partial charge in [-0.2, -0.15) is 0 Å². The number of piperidine rings is 1. The van der Waals surface area contributed by atoms with Gasteiger partial charge in [0, 0.05) is 23.5 Å². The van der Waals surface area contributed by atoms with E-state index in [2.05, 4.69) is 6.07 Å². The van der Waals surface area contributed by atoms with Gasteiger partial charge in [-0.05, 0) is 56.2 Å². The Labute approximate surface area is 119 Å². The number of carbonyl (C=O) groups excluding carboxylic acids is 1. The highest BCUT2D eigenvalue weighted by atomic mass is 32.2. The lowest BCUT2D eigenvalue weighted by Crippen LogP contribution is -2.40. The Morgan fingerprint density at radius 1 is 1.42 bits per heavy atom. The van der Waals surface area contributed by atoms with Crippen molar-refractivity contribution >= 4 is 17.7 Å². The molecule has 1 aromatic carbocycles. The van der Waals surface area contributed by atoms with Crippen LogP contribution in [-0.4, -0.2) is 36.7 Å². The standard InChI is InChI=1S/C15H22N2OS/c1-11-3-4-13(19-2)9-14(11)15(18)17-7-5-12(10-16)6-8-17/h3-4,9,12H,5-8,10,16H2,1-2H3. The van der Waals surface area contributed by atoms with Crippen LogP contribution in [-0.2, 0) is 0 Å². The summed E-state index contributed by atoms with van der Waals surface area (Å²) in [7, 11) is 0. The minimum absolute atomic E-state index is 0.170. The zero-order valence-corrected chi connectivity index (χ0v) is 12.5. The van der Waals surface area contributed by atoms with Crippen LogP contribution in [0, 0.1) is 12.8 Å². The molecular formula is C15H22N2OS. The third-order valence-electron chi connectivity index (χ3n) is 3.91. The van der Waals surface area contributed by atoms with Crippen molar-refractivity contribution in [2.24, 2.45) is 11.7 Å². The van der Waals surface area contributed by atoms with Crippen LogP contribution in [0.5, 0.6) is 0 Å². The first-order chi connectivity index (χ1) is 9.15. The molecule has 0 radical (unpaired) electrons. The third kappa shape index (κ3) is 3.31. The van der Waals surface area contributed by atoms with E-state index in [0.717, 1.165) is 48.5 Å². The number of benzene rings is 1. The number of hydrogen-bond acceptors (Lipinski definition) is 3. The number of likely N-dealkylation sites (tertiary alicyclic amines) is 1. The van der Waals surface area contributed by atoms with Crippen LogP contribution in [0.4, 0.5) is 0 Å². The van der Waals surface area contributed by atoms with Crippen molar-refractivity contribution < 1.29 is 4.79 Å². The van der Waals surface area contributed by atoms with E-state index in [1.807, 2.05) is 30.2 Å². The molecule has 104 valence electrons. The summed E-state index contributed by atoms with van der Waals surface area (Å²) in [6.45, 7) is 4.42. The zero-order chi connectivity index (χ0) is 13.8. The van der Waals surface area contributed by atoms with Gasteiger partial charge in [0.25, 0.3) is 5.91 Å². The fourth-order valence-electron chi connectivity index (χ4n) is 2.50. The number of rotatable bonds is 3. The highest BCUT2D eigenvalue weighted by Crippen LogP contribution is 2.23. The minimum atomic E-state index is 0.170. The molecule has 0 atom stereocenters. The maximum Gasteiger partial charge on any atom is 0.254 e. The lowest BCUT2D eigenvalue weighted by molar-refractivity contribution is 0.0692. The van der Waals surface area contributed by atoms with Crippen LogP contribution in [0.1, 0.15) is 28.8 Å². The molecule has 19 heavy (non-hydrogen) atoms. The fourth-order valence-corrected chi connectivity index (χ4v) is 2.94. The van der Waals surface area contributed by atoms with Gasteiger partial charge in [0.1, 0.15) is 0 Å². The summed E-state index contributed by atoms with van der Waals surface area (Å²) >= 11 is 1.67. The number of nitrogens with zero attached hydrogens (tertiary/aromatic N) is 1. The Kier molecular flexibility index (Phi) is 4.88. The second kappa shape index (κ2) is 6.44. The van der Waals surface area contributed by atoms with E-state index in [1.165, 1.54) is 0 Å². The number of aryl methyl sites for hydroxylation is 1. The summed E-state index contributed by atoms with van der Waals surface area (Å²) in [6, 6.07) is 6.11. The SMILES string of the molecule is CSc1ccc(C)c(C(=O)N2CCC(CN)CC2)c1. The second-order valence-electron chi connectivity index (χ2n) is 5.15. The summed E-state index contributed by atoms with van der Waals surface area (Å²) in [4.78, 5) is 15.7. The Morgan fingerprint density at radius 2 is 2.11 bits per heavy atom. The maximum absolute atomic E-state index is 12.6. The van der Waals surface area contributed by atoms with Crippen molar-refractivity contribution in [3.05, 3.63) is 29.3 Å². The van der Waals surface area contributed by atoms with E-state index in [-0.39, 0.29) is 5.91 Å². The highest BCUT2D eigenvalue weighted by molar-refractivity contribution is 7.98. The second-order valence-corrected chi connectivity index (χ2v) is 6.03. The molecule has 0 unspecified atom stereocenters. The van der Waals surface area contributed by atoms with Crippen molar-refractivity contribution in [1.82, 2.24) is 4.90 Å². The highest BCUT2D eigenvalue weighted by Gasteiger charge is 2.23. The van der Waals surface area contributed by atoms with E-state index in [1.54, 1.807) is 11.8 Å². The lowest BCUT2D eigenvalue weighted by atomic mass is 9.96. The fraction of sp³-hybridized carbons (Fsp3) is 0.533. The van der Waals surface area contributed by atoms with Crippen LogP contribution in [0.2, 0.25) is 0 Å². The summed E-state index contributed by atoms with van der Waals surface area (Å²) in [5.74, 6) is 0.756. The summed E-state index contributed by atoms with van der Waals surface area (Å²) in [6.07, 6.45) is 4.10. The van der Waals surface area contributed by atoms with E-state index in [9.17, 15) is 4.79 Å². The van der Waals surface area contributed by atoms with Crippen molar-refractivity contribution in [3.63, 3.8) is 0 Å². The molecule has 1 aliphatic rings. The molecule has 0 saturated carbocycles. The van der Waals surface area contributed by atoms with E-state index in [4.69, 9.17) is 5.73 Å². The van der Waals surface area contributed by atoms with Crippen LogP contribution in [0.15, 0.2) is 23.1 Å². The largest absolute Gasteiger partial charge is 0.339 e. The Balaban J connectivity index is 2.11. The summed E-state index contributed by atoms with van der Waals surface area (Å²) in [5, 5.41) is 0. The Bertz CT molecular complexity index is 453. The molecule has 1 saturated heterocycles. The molecular weight excluding hydrogens is 256 g/mol.